The predicted octanol–water partition coefficient (Wildman–Crippen LogP) is 2.17. The van der Waals surface area contributed by atoms with Crippen LogP contribution in [0.5, 0.6) is 5.75 Å². The van der Waals surface area contributed by atoms with Gasteiger partial charge in [0.25, 0.3) is 0 Å². The molecule has 20 heavy (non-hydrogen) atoms. The summed E-state index contributed by atoms with van der Waals surface area (Å²) < 4.78 is 10.8. The number of carbonyl (C=O) groups is 1. The van der Waals surface area contributed by atoms with Gasteiger partial charge in [0.2, 0.25) is 5.91 Å². The molecule has 1 fully saturated rings. The number of nitrogens with one attached hydrogen (secondary N) is 1. The smallest absolute Gasteiger partial charge is 0.224 e. The van der Waals surface area contributed by atoms with Crippen LogP contribution < -0.4 is 10.1 Å². The summed E-state index contributed by atoms with van der Waals surface area (Å²) in [5, 5.41) is 2.99. The third-order valence-corrected chi connectivity index (χ3v) is 3.44. The van der Waals surface area contributed by atoms with Crippen molar-refractivity contribution in [2.24, 2.45) is 5.92 Å². The molecule has 1 heterocycles. The van der Waals surface area contributed by atoms with E-state index >= 15 is 0 Å². The Bertz CT molecular complexity index is 410. The molecule has 110 valence electrons. The molecule has 0 aliphatic carbocycles. The van der Waals surface area contributed by atoms with Crippen LogP contribution in [0.4, 0.5) is 0 Å². The van der Waals surface area contributed by atoms with Crippen molar-refractivity contribution < 1.29 is 14.3 Å². The van der Waals surface area contributed by atoms with Crippen molar-refractivity contribution in [2.45, 2.75) is 26.2 Å². The van der Waals surface area contributed by atoms with E-state index in [0.29, 0.717) is 18.9 Å². The van der Waals surface area contributed by atoms with Crippen LogP contribution in [0.3, 0.4) is 0 Å². The lowest BCUT2D eigenvalue weighted by Gasteiger charge is -2.22. The maximum atomic E-state index is 11.9. The quantitative estimate of drug-likeness (QED) is 0.867. The lowest BCUT2D eigenvalue weighted by atomic mass is 10.0. The molecule has 1 saturated heterocycles. The summed E-state index contributed by atoms with van der Waals surface area (Å²) in [5.41, 5.74) is 1.01. The van der Waals surface area contributed by atoms with Gasteiger partial charge >= 0.3 is 0 Å². The van der Waals surface area contributed by atoms with Crippen LogP contribution in [-0.4, -0.2) is 32.3 Å². The molecule has 0 bridgehead atoms. The molecular weight excluding hydrogens is 254 g/mol. The molecule has 0 aromatic heterocycles. The molecule has 1 aliphatic heterocycles. The maximum absolute atomic E-state index is 11.9. The van der Waals surface area contributed by atoms with Crippen molar-refractivity contribution in [1.29, 1.82) is 0 Å². The highest BCUT2D eigenvalue weighted by Gasteiger charge is 2.14. The first-order valence-electron chi connectivity index (χ1n) is 7.34. The molecule has 1 aromatic rings. The van der Waals surface area contributed by atoms with Crippen molar-refractivity contribution in [3.63, 3.8) is 0 Å². The topological polar surface area (TPSA) is 47.6 Å². The van der Waals surface area contributed by atoms with Gasteiger partial charge in [-0.3, -0.25) is 4.79 Å². The van der Waals surface area contributed by atoms with Crippen LogP contribution in [0.25, 0.3) is 0 Å². The van der Waals surface area contributed by atoms with Gasteiger partial charge in [0, 0.05) is 13.2 Å². The molecule has 4 nitrogen and oxygen atoms in total. The number of benzene rings is 1. The van der Waals surface area contributed by atoms with Crippen molar-refractivity contribution >= 4 is 5.91 Å². The van der Waals surface area contributed by atoms with Gasteiger partial charge in [0.15, 0.2) is 0 Å². The molecule has 1 atom stereocenters. The first-order valence-corrected chi connectivity index (χ1v) is 7.34. The Hall–Kier alpha value is -1.55. The SMILES string of the molecule is CCOc1ccc(CC(=O)NC[C@H]2CCCOC2)cc1. The Morgan fingerprint density at radius 2 is 2.20 bits per heavy atom. The summed E-state index contributed by atoms with van der Waals surface area (Å²) in [6.07, 6.45) is 2.66. The Morgan fingerprint density at radius 3 is 2.85 bits per heavy atom. The first kappa shape index (κ1) is 14.9. The lowest BCUT2D eigenvalue weighted by molar-refractivity contribution is -0.120. The predicted molar refractivity (Wildman–Crippen MR) is 77.9 cm³/mol. The number of hydrogen-bond acceptors (Lipinski definition) is 3. The molecule has 0 radical (unpaired) electrons. The van der Waals surface area contributed by atoms with Gasteiger partial charge in [-0.05, 0) is 43.4 Å². The zero-order valence-electron chi connectivity index (χ0n) is 12.1. The third kappa shape index (κ3) is 4.85. The second kappa shape index (κ2) is 7.90. The van der Waals surface area contributed by atoms with Crippen LogP contribution in [-0.2, 0) is 16.0 Å². The van der Waals surface area contributed by atoms with Gasteiger partial charge in [-0.15, -0.1) is 0 Å². The van der Waals surface area contributed by atoms with E-state index < -0.39 is 0 Å². The number of amides is 1. The van der Waals surface area contributed by atoms with Crippen molar-refractivity contribution in [1.82, 2.24) is 5.32 Å². The van der Waals surface area contributed by atoms with Gasteiger partial charge in [0.1, 0.15) is 5.75 Å². The highest BCUT2D eigenvalue weighted by atomic mass is 16.5. The van der Waals surface area contributed by atoms with Crippen LogP contribution in [0.1, 0.15) is 25.3 Å². The summed E-state index contributed by atoms with van der Waals surface area (Å²) in [7, 11) is 0. The van der Waals surface area contributed by atoms with Crippen molar-refractivity contribution in [3.05, 3.63) is 29.8 Å². The number of carbonyl (C=O) groups excluding carboxylic acids is 1. The first-order chi connectivity index (χ1) is 9.78. The minimum absolute atomic E-state index is 0.0692. The number of hydrogen-bond donors (Lipinski definition) is 1. The van der Waals surface area contributed by atoms with Crippen LogP contribution >= 0.6 is 0 Å². The Morgan fingerprint density at radius 1 is 1.40 bits per heavy atom. The van der Waals surface area contributed by atoms with E-state index in [4.69, 9.17) is 9.47 Å². The van der Waals surface area contributed by atoms with Crippen LogP contribution in [0.2, 0.25) is 0 Å². The molecule has 1 aliphatic rings. The Kier molecular flexibility index (Phi) is 5.87. The van der Waals surface area contributed by atoms with Gasteiger partial charge in [-0.25, -0.2) is 0 Å². The van der Waals surface area contributed by atoms with Gasteiger partial charge in [0.05, 0.1) is 19.6 Å². The average molecular weight is 277 g/mol. The highest BCUT2D eigenvalue weighted by molar-refractivity contribution is 5.78. The number of ether oxygens (including phenoxy) is 2. The fraction of sp³-hybridized carbons (Fsp3) is 0.562. The summed E-state index contributed by atoms with van der Waals surface area (Å²) >= 11 is 0. The summed E-state index contributed by atoms with van der Waals surface area (Å²) in [4.78, 5) is 11.9. The zero-order chi connectivity index (χ0) is 14.2. The zero-order valence-corrected chi connectivity index (χ0v) is 12.1. The number of rotatable bonds is 6. The largest absolute Gasteiger partial charge is 0.494 e. The highest BCUT2D eigenvalue weighted by Crippen LogP contribution is 2.13. The fourth-order valence-electron chi connectivity index (χ4n) is 2.34. The molecule has 1 N–H and O–H groups in total. The molecule has 0 unspecified atom stereocenters. The van der Waals surface area contributed by atoms with Crippen molar-refractivity contribution in [3.8, 4) is 5.75 Å². The van der Waals surface area contributed by atoms with E-state index in [0.717, 1.165) is 43.9 Å². The van der Waals surface area contributed by atoms with Crippen LogP contribution in [0, 0.1) is 5.92 Å². The molecule has 4 heteroatoms. The van der Waals surface area contributed by atoms with Crippen LogP contribution in [0.15, 0.2) is 24.3 Å². The van der Waals surface area contributed by atoms with Gasteiger partial charge in [-0.2, -0.15) is 0 Å². The maximum Gasteiger partial charge on any atom is 0.224 e. The molecule has 1 amide bonds. The molecule has 0 saturated carbocycles. The second-order valence-electron chi connectivity index (χ2n) is 5.14. The van der Waals surface area contributed by atoms with Gasteiger partial charge < -0.3 is 14.8 Å². The van der Waals surface area contributed by atoms with E-state index in [1.54, 1.807) is 0 Å². The van der Waals surface area contributed by atoms with E-state index in [1.165, 1.54) is 0 Å². The molecular formula is C16H23NO3. The van der Waals surface area contributed by atoms with Gasteiger partial charge in [-0.1, -0.05) is 12.1 Å². The summed E-state index contributed by atoms with van der Waals surface area (Å²) in [5.74, 6) is 1.38. The average Bonchev–Trinajstić information content (AvgIpc) is 2.49. The third-order valence-electron chi connectivity index (χ3n) is 3.44. The lowest BCUT2D eigenvalue weighted by Crippen LogP contribution is -2.34. The monoisotopic (exact) mass is 277 g/mol. The Balaban J connectivity index is 1.73. The standard InChI is InChI=1S/C16H23NO3/c1-2-20-15-7-5-13(6-8-15)10-16(18)17-11-14-4-3-9-19-12-14/h5-8,14H,2-4,9-12H2,1H3,(H,17,18)/t14-/m1/s1. The fourth-order valence-corrected chi connectivity index (χ4v) is 2.34. The van der Waals surface area contributed by atoms with E-state index in [-0.39, 0.29) is 5.91 Å². The molecule has 0 spiro atoms. The minimum Gasteiger partial charge on any atom is -0.494 e. The summed E-state index contributed by atoms with van der Waals surface area (Å²) in [6.45, 7) is 4.95. The van der Waals surface area contributed by atoms with Crippen molar-refractivity contribution in [2.75, 3.05) is 26.4 Å². The molecule has 2 rings (SSSR count). The normalized spacial score (nSPS) is 18.6. The minimum atomic E-state index is 0.0692. The van der Waals surface area contributed by atoms with E-state index in [2.05, 4.69) is 5.32 Å². The second-order valence-corrected chi connectivity index (χ2v) is 5.14. The Labute approximate surface area is 120 Å². The van der Waals surface area contributed by atoms with E-state index in [1.807, 2.05) is 31.2 Å². The summed E-state index contributed by atoms with van der Waals surface area (Å²) in [6, 6.07) is 7.69. The molecule has 1 aromatic carbocycles. The van der Waals surface area contributed by atoms with E-state index in [9.17, 15) is 4.79 Å².